The second-order valence-corrected chi connectivity index (χ2v) is 5.04. The van der Waals surface area contributed by atoms with Crippen LogP contribution in [0.2, 0.25) is 0 Å². The second kappa shape index (κ2) is 8.37. The van der Waals surface area contributed by atoms with E-state index in [0.29, 0.717) is 29.8 Å². The zero-order valence-electron chi connectivity index (χ0n) is 10.3. The molecular weight excluding hydrogens is 264 g/mol. The minimum atomic E-state index is -0.570. The highest BCUT2D eigenvalue weighted by Crippen LogP contribution is 2.09. The van der Waals surface area contributed by atoms with Crippen molar-refractivity contribution in [3.63, 3.8) is 0 Å². The Morgan fingerprint density at radius 3 is 2.63 bits per heavy atom. The quantitative estimate of drug-likeness (QED) is 0.299. The van der Waals surface area contributed by atoms with E-state index >= 15 is 0 Å². The van der Waals surface area contributed by atoms with Crippen LogP contribution in [-0.4, -0.2) is 35.6 Å². The summed E-state index contributed by atoms with van der Waals surface area (Å²) in [6.45, 7) is 0. The molecule has 0 unspecified atom stereocenters. The van der Waals surface area contributed by atoms with Crippen molar-refractivity contribution < 1.29 is 19.2 Å². The summed E-state index contributed by atoms with van der Waals surface area (Å²) >= 11 is 1.47. The molecule has 0 heterocycles. The molecule has 19 heavy (non-hydrogen) atoms. The summed E-state index contributed by atoms with van der Waals surface area (Å²) in [5.41, 5.74) is 0.617. The molecule has 0 aromatic heterocycles. The lowest BCUT2D eigenvalue weighted by atomic mass is 10.0. The first-order chi connectivity index (χ1) is 9.19. The minimum absolute atomic E-state index is 0.147. The van der Waals surface area contributed by atoms with Crippen LogP contribution in [0.15, 0.2) is 24.3 Å². The first-order valence-corrected chi connectivity index (χ1v) is 6.98. The molecule has 0 N–H and O–H groups in total. The summed E-state index contributed by atoms with van der Waals surface area (Å²) in [4.78, 5) is 44.1. The average Bonchev–Trinajstić information content (AvgIpc) is 2.46. The molecule has 0 radical (unpaired) electrons. The molecule has 5 heteroatoms. The van der Waals surface area contributed by atoms with Gasteiger partial charge in [-0.15, -0.1) is 0 Å². The van der Waals surface area contributed by atoms with E-state index in [2.05, 4.69) is 0 Å². The van der Waals surface area contributed by atoms with Crippen LogP contribution in [0, 0.1) is 0 Å². The maximum Gasteiger partial charge on any atom is 0.228 e. The van der Waals surface area contributed by atoms with Crippen molar-refractivity contribution >= 4 is 35.9 Å². The highest BCUT2D eigenvalue weighted by atomic mass is 32.2. The summed E-state index contributed by atoms with van der Waals surface area (Å²) in [6, 6.07) is 6.08. The highest BCUT2D eigenvalue weighted by molar-refractivity contribution is 7.99. The molecule has 0 fully saturated rings. The zero-order valence-corrected chi connectivity index (χ0v) is 11.2. The molecule has 0 saturated carbocycles. The summed E-state index contributed by atoms with van der Waals surface area (Å²) in [6.07, 6.45) is 2.06. The zero-order chi connectivity index (χ0) is 14.1. The Morgan fingerprint density at radius 1 is 1.16 bits per heavy atom. The molecule has 0 spiro atoms. The molecule has 4 nitrogen and oxygen atoms in total. The van der Waals surface area contributed by atoms with Crippen LogP contribution in [-0.2, 0) is 9.59 Å². The third-order valence-corrected chi connectivity index (χ3v) is 3.41. The number of benzene rings is 1. The Hall–Kier alpha value is -1.75. The maximum atomic E-state index is 11.8. The maximum absolute atomic E-state index is 11.8. The van der Waals surface area contributed by atoms with Gasteiger partial charge >= 0.3 is 0 Å². The lowest BCUT2D eigenvalue weighted by Crippen LogP contribution is -2.15. The summed E-state index contributed by atoms with van der Waals surface area (Å²) in [7, 11) is 0. The number of aldehydes is 2. The first kappa shape index (κ1) is 15.3. The van der Waals surface area contributed by atoms with Gasteiger partial charge in [-0.25, -0.2) is 0 Å². The molecule has 0 aliphatic rings. The van der Waals surface area contributed by atoms with Gasteiger partial charge in [-0.2, -0.15) is 11.8 Å². The Balaban J connectivity index is 2.49. The SMILES string of the molecule is O=CCCSCCC(=O)C(=O)c1cccc(C=O)c1. The van der Waals surface area contributed by atoms with Crippen LogP contribution in [0.25, 0.3) is 0 Å². The Labute approximate surface area is 115 Å². The molecule has 0 saturated heterocycles. The third kappa shape index (κ3) is 5.18. The number of Topliss-reactive ketones (excluding diaryl/α,β-unsaturated/α-hetero) is 2. The van der Waals surface area contributed by atoms with E-state index in [1.54, 1.807) is 12.1 Å². The number of hydrogen-bond acceptors (Lipinski definition) is 5. The van der Waals surface area contributed by atoms with Crippen molar-refractivity contribution in [3.8, 4) is 0 Å². The largest absolute Gasteiger partial charge is 0.303 e. The second-order valence-electron chi connectivity index (χ2n) is 3.81. The van der Waals surface area contributed by atoms with Crippen LogP contribution in [0.3, 0.4) is 0 Å². The van der Waals surface area contributed by atoms with Crippen LogP contribution in [0.4, 0.5) is 0 Å². The predicted octanol–water partition coefficient (Wildman–Crippen LogP) is 1.96. The molecule has 0 atom stereocenters. The molecule has 0 amide bonds. The van der Waals surface area contributed by atoms with Gasteiger partial charge in [-0.1, -0.05) is 18.2 Å². The van der Waals surface area contributed by atoms with Gasteiger partial charge in [0.15, 0.2) is 0 Å². The van der Waals surface area contributed by atoms with E-state index in [1.807, 2.05) is 0 Å². The highest BCUT2D eigenvalue weighted by Gasteiger charge is 2.15. The standard InChI is InChI=1S/C14H14O4S/c15-6-2-7-19-8-5-13(17)14(18)12-4-1-3-11(9-12)10-16/h1,3-4,6,9-10H,2,5,7-8H2. The molecule has 0 aliphatic heterocycles. The molecule has 1 aromatic rings. The molecule has 1 rings (SSSR count). The topological polar surface area (TPSA) is 68.3 Å². The van der Waals surface area contributed by atoms with Gasteiger partial charge in [0.05, 0.1) is 0 Å². The number of carbonyl (C=O) groups is 4. The molecule has 0 bridgehead atoms. The van der Waals surface area contributed by atoms with Gasteiger partial charge in [-0.3, -0.25) is 14.4 Å². The fourth-order valence-electron chi connectivity index (χ4n) is 1.43. The van der Waals surface area contributed by atoms with Crippen molar-refractivity contribution in [1.29, 1.82) is 0 Å². The average molecular weight is 278 g/mol. The van der Waals surface area contributed by atoms with Crippen molar-refractivity contribution in [2.24, 2.45) is 0 Å². The van der Waals surface area contributed by atoms with Gasteiger partial charge in [0, 0.05) is 29.7 Å². The van der Waals surface area contributed by atoms with Gasteiger partial charge in [0.2, 0.25) is 11.6 Å². The first-order valence-electron chi connectivity index (χ1n) is 5.83. The van der Waals surface area contributed by atoms with Crippen molar-refractivity contribution in [2.45, 2.75) is 12.8 Å². The number of thioether (sulfide) groups is 1. The molecule has 100 valence electrons. The number of ketones is 2. The predicted molar refractivity (Wildman–Crippen MR) is 73.8 cm³/mol. The smallest absolute Gasteiger partial charge is 0.228 e. The van der Waals surface area contributed by atoms with Crippen LogP contribution in [0.5, 0.6) is 0 Å². The minimum Gasteiger partial charge on any atom is -0.303 e. The van der Waals surface area contributed by atoms with E-state index < -0.39 is 11.6 Å². The van der Waals surface area contributed by atoms with E-state index in [-0.39, 0.29) is 12.0 Å². The molecular formula is C14H14O4S. The van der Waals surface area contributed by atoms with Crippen molar-refractivity contribution in [2.75, 3.05) is 11.5 Å². The molecule has 0 aliphatic carbocycles. The monoisotopic (exact) mass is 278 g/mol. The molecule has 1 aromatic carbocycles. The van der Waals surface area contributed by atoms with Gasteiger partial charge in [-0.05, 0) is 11.8 Å². The summed E-state index contributed by atoms with van der Waals surface area (Å²) < 4.78 is 0. The lowest BCUT2D eigenvalue weighted by molar-refractivity contribution is -0.114. The number of carbonyl (C=O) groups excluding carboxylic acids is 4. The van der Waals surface area contributed by atoms with Gasteiger partial charge in [0.1, 0.15) is 12.6 Å². The normalized spacial score (nSPS) is 9.89. The van der Waals surface area contributed by atoms with E-state index in [9.17, 15) is 19.2 Å². The van der Waals surface area contributed by atoms with Crippen molar-refractivity contribution in [1.82, 2.24) is 0 Å². The van der Waals surface area contributed by atoms with E-state index in [4.69, 9.17) is 0 Å². The summed E-state index contributed by atoms with van der Waals surface area (Å²) in [5.74, 6) is 0.138. The van der Waals surface area contributed by atoms with E-state index in [1.165, 1.54) is 23.9 Å². The third-order valence-electron chi connectivity index (χ3n) is 2.39. The van der Waals surface area contributed by atoms with Crippen LogP contribution < -0.4 is 0 Å². The lowest BCUT2D eigenvalue weighted by Gasteiger charge is -2.01. The Bertz CT molecular complexity index is 482. The van der Waals surface area contributed by atoms with Gasteiger partial charge in [0.25, 0.3) is 0 Å². The fraction of sp³-hybridized carbons (Fsp3) is 0.286. The number of rotatable bonds is 9. The summed E-state index contributed by atoms with van der Waals surface area (Å²) in [5, 5.41) is 0. The Kier molecular flexibility index (Phi) is 6.74. The Morgan fingerprint density at radius 2 is 1.95 bits per heavy atom. The number of hydrogen-bond donors (Lipinski definition) is 0. The van der Waals surface area contributed by atoms with Gasteiger partial charge < -0.3 is 4.79 Å². The van der Waals surface area contributed by atoms with Crippen LogP contribution in [0.1, 0.15) is 33.6 Å². The van der Waals surface area contributed by atoms with Crippen molar-refractivity contribution in [3.05, 3.63) is 35.4 Å². The van der Waals surface area contributed by atoms with Crippen LogP contribution >= 0.6 is 11.8 Å². The van der Waals surface area contributed by atoms with E-state index in [0.717, 1.165) is 6.29 Å². The fourth-order valence-corrected chi connectivity index (χ4v) is 2.22.